The molecule has 0 unspecified atom stereocenters. The Bertz CT molecular complexity index is 135. The lowest BCUT2D eigenvalue weighted by atomic mass is 10.0. The number of allylic oxidation sites excluding steroid dienone is 1. The predicted octanol–water partition coefficient (Wildman–Crippen LogP) is 5.92. The van der Waals surface area contributed by atoms with Crippen molar-refractivity contribution in [3.8, 4) is 0 Å². The van der Waals surface area contributed by atoms with Crippen molar-refractivity contribution in [3.05, 3.63) is 12.7 Å². The highest BCUT2D eigenvalue weighted by molar-refractivity contribution is 4.61. The molecule has 16 heavy (non-hydrogen) atoms. The van der Waals surface area contributed by atoms with Gasteiger partial charge in [-0.25, -0.2) is 0 Å². The van der Waals surface area contributed by atoms with E-state index in [1.807, 2.05) is 0 Å². The molecule has 0 saturated heterocycles. The summed E-state index contributed by atoms with van der Waals surface area (Å²) in [5.41, 5.74) is 0. The number of hydrogen-bond acceptors (Lipinski definition) is 0. The highest BCUT2D eigenvalue weighted by Gasteiger charge is 1.95. The van der Waals surface area contributed by atoms with Crippen LogP contribution in [0.1, 0.15) is 84.5 Å². The van der Waals surface area contributed by atoms with Crippen LogP contribution in [0.2, 0.25) is 0 Å². The third-order valence-electron chi connectivity index (χ3n) is 3.15. The molecule has 0 aromatic rings. The molecule has 0 heteroatoms. The van der Waals surface area contributed by atoms with E-state index in [2.05, 4.69) is 13.8 Å². The summed E-state index contributed by atoms with van der Waals surface area (Å²) >= 11 is 0. The zero-order valence-corrected chi connectivity index (χ0v) is 11.5. The van der Waals surface area contributed by atoms with Gasteiger partial charge in [-0.3, -0.25) is 0 Å². The van der Waals surface area contributed by atoms with E-state index in [-0.39, 0.29) is 0 Å². The first-order chi connectivity index (χ1) is 7.77. The van der Waals surface area contributed by atoms with Crippen LogP contribution in [0, 0.1) is 12.5 Å². The molecule has 0 amide bonds. The monoisotopic (exact) mass is 223 g/mol. The molecule has 0 aliphatic heterocycles. The van der Waals surface area contributed by atoms with Gasteiger partial charge in [0.05, 0.1) is 0 Å². The van der Waals surface area contributed by atoms with Crippen LogP contribution >= 0.6 is 0 Å². The van der Waals surface area contributed by atoms with E-state index in [0.717, 1.165) is 12.3 Å². The summed E-state index contributed by atoms with van der Waals surface area (Å²) in [6.45, 7) is 9.97. The Morgan fingerprint density at radius 1 is 0.750 bits per heavy atom. The van der Waals surface area contributed by atoms with Crippen LogP contribution in [0.5, 0.6) is 0 Å². The van der Waals surface area contributed by atoms with Crippen LogP contribution in [0.4, 0.5) is 0 Å². The molecule has 0 heterocycles. The van der Waals surface area contributed by atoms with Crippen LogP contribution in [0.25, 0.3) is 0 Å². The van der Waals surface area contributed by atoms with E-state index in [0.29, 0.717) is 0 Å². The first kappa shape index (κ1) is 15.7. The molecular weight excluding hydrogens is 192 g/mol. The maximum absolute atomic E-state index is 5.33. The van der Waals surface area contributed by atoms with Gasteiger partial charge in [0.1, 0.15) is 0 Å². The summed E-state index contributed by atoms with van der Waals surface area (Å²) in [4.78, 5) is 0. The van der Waals surface area contributed by atoms with Crippen molar-refractivity contribution in [2.45, 2.75) is 84.5 Å². The standard InChI is InChI=1S/C16H31/c1-4-5-6-7-8-9-10-11-12-13-14-15-16(2)3/h1,4,16H,5-15H2,2-3H3. The van der Waals surface area contributed by atoms with Crippen LogP contribution in [0.3, 0.4) is 0 Å². The molecule has 0 aromatic carbocycles. The second-order valence-corrected chi connectivity index (χ2v) is 5.39. The lowest BCUT2D eigenvalue weighted by Crippen LogP contribution is -1.87. The number of hydrogen-bond donors (Lipinski definition) is 0. The third-order valence-corrected chi connectivity index (χ3v) is 3.15. The number of rotatable bonds is 12. The molecule has 0 saturated carbocycles. The maximum atomic E-state index is 5.33. The van der Waals surface area contributed by atoms with Gasteiger partial charge in [0.15, 0.2) is 0 Å². The average Bonchev–Trinajstić information content (AvgIpc) is 2.25. The van der Waals surface area contributed by atoms with Crippen LogP contribution in [-0.2, 0) is 0 Å². The lowest BCUT2D eigenvalue weighted by molar-refractivity contribution is 0.506. The lowest BCUT2D eigenvalue weighted by Gasteiger charge is -2.04. The van der Waals surface area contributed by atoms with Gasteiger partial charge in [0.25, 0.3) is 0 Å². The summed E-state index contributed by atoms with van der Waals surface area (Å²) in [7, 11) is 0. The van der Waals surface area contributed by atoms with E-state index in [4.69, 9.17) is 6.58 Å². The molecule has 0 aliphatic carbocycles. The Hall–Kier alpha value is -0.260. The second-order valence-electron chi connectivity index (χ2n) is 5.39. The van der Waals surface area contributed by atoms with Crippen LogP contribution in [0.15, 0.2) is 6.08 Å². The van der Waals surface area contributed by atoms with E-state index in [1.165, 1.54) is 64.2 Å². The highest BCUT2D eigenvalue weighted by Crippen LogP contribution is 2.13. The minimum absolute atomic E-state index is 0.888. The minimum Gasteiger partial charge on any atom is -0.0845 e. The Morgan fingerprint density at radius 3 is 1.62 bits per heavy atom. The fourth-order valence-corrected chi connectivity index (χ4v) is 2.05. The van der Waals surface area contributed by atoms with Crippen molar-refractivity contribution in [2.75, 3.05) is 0 Å². The van der Waals surface area contributed by atoms with Crippen LogP contribution in [-0.4, -0.2) is 0 Å². The summed E-state index contributed by atoms with van der Waals surface area (Å²) < 4.78 is 0. The second kappa shape index (κ2) is 12.8. The average molecular weight is 223 g/mol. The Kier molecular flexibility index (Phi) is 12.6. The summed E-state index contributed by atoms with van der Waals surface area (Å²) in [6, 6.07) is 0. The molecule has 0 N–H and O–H groups in total. The topological polar surface area (TPSA) is 0 Å². The van der Waals surface area contributed by atoms with Gasteiger partial charge in [-0.15, -0.1) is 0 Å². The molecule has 0 nitrogen and oxygen atoms in total. The normalized spacial score (nSPS) is 10.9. The quantitative estimate of drug-likeness (QED) is 0.360. The molecule has 0 aromatic heterocycles. The molecule has 0 rings (SSSR count). The summed E-state index contributed by atoms with van der Waals surface area (Å²) in [5.74, 6) is 0.888. The molecule has 95 valence electrons. The van der Waals surface area contributed by atoms with Gasteiger partial charge < -0.3 is 0 Å². The van der Waals surface area contributed by atoms with Crippen molar-refractivity contribution >= 4 is 0 Å². The largest absolute Gasteiger partial charge is 0.0845 e. The van der Waals surface area contributed by atoms with E-state index >= 15 is 0 Å². The SMILES string of the molecule is [CH]=CCCCCCCCCCCCC(C)C. The van der Waals surface area contributed by atoms with Crippen molar-refractivity contribution < 1.29 is 0 Å². The highest BCUT2D eigenvalue weighted by atomic mass is 14.0. The van der Waals surface area contributed by atoms with Gasteiger partial charge in [-0.2, -0.15) is 0 Å². The zero-order valence-electron chi connectivity index (χ0n) is 11.5. The van der Waals surface area contributed by atoms with Crippen molar-refractivity contribution in [2.24, 2.45) is 5.92 Å². The Morgan fingerprint density at radius 2 is 1.19 bits per heavy atom. The Balaban J connectivity index is 2.90. The zero-order chi connectivity index (χ0) is 12.1. The van der Waals surface area contributed by atoms with E-state index in [9.17, 15) is 0 Å². The van der Waals surface area contributed by atoms with Crippen molar-refractivity contribution in [1.29, 1.82) is 0 Å². The molecular formula is C16H31. The summed E-state index contributed by atoms with van der Waals surface area (Å²) in [6.07, 6.45) is 17.0. The van der Waals surface area contributed by atoms with E-state index < -0.39 is 0 Å². The minimum atomic E-state index is 0.888. The molecule has 0 atom stereocenters. The first-order valence-corrected chi connectivity index (χ1v) is 7.30. The molecule has 0 bridgehead atoms. The van der Waals surface area contributed by atoms with Gasteiger partial charge in [-0.05, 0) is 18.8 Å². The molecule has 0 aliphatic rings. The Labute approximate surface area is 104 Å². The smallest absolute Gasteiger partial charge is 0.0348 e. The molecule has 0 fully saturated rings. The summed E-state index contributed by atoms with van der Waals surface area (Å²) in [5, 5.41) is 0. The van der Waals surface area contributed by atoms with E-state index in [1.54, 1.807) is 6.08 Å². The maximum Gasteiger partial charge on any atom is -0.0348 e. The first-order valence-electron chi connectivity index (χ1n) is 7.30. The predicted molar refractivity (Wildman–Crippen MR) is 74.5 cm³/mol. The molecule has 0 spiro atoms. The van der Waals surface area contributed by atoms with Crippen molar-refractivity contribution in [3.63, 3.8) is 0 Å². The molecule has 1 radical (unpaired) electrons. The van der Waals surface area contributed by atoms with Gasteiger partial charge in [-0.1, -0.05) is 84.3 Å². The van der Waals surface area contributed by atoms with Gasteiger partial charge in [0, 0.05) is 0 Å². The fourth-order valence-electron chi connectivity index (χ4n) is 2.05. The van der Waals surface area contributed by atoms with Gasteiger partial charge in [0.2, 0.25) is 0 Å². The third kappa shape index (κ3) is 13.7. The van der Waals surface area contributed by atoms with Crippen molar-refractivity contribution in [1.82, 2.24) is 0 Å². The van der Waals surface area contributed by atoms with Gasteiger partial charge >= 0.3 is 0 Å². The van der Waals surface area contributed by atoms with Crippen LogP contribution < -0.4 is 0 Å². The number of unbranched alkanes of at least 4 members (excludes halogenated alkanes) is 9. The fraction of sp³-hybridized carbons (Fsp3) is 0.875.